The first kappa shape index (κ1) is 13.4. The van der Waals surface area contributed by atoms with Gasteiger partial charge in [0.15, 0.2) is 12.5 Å². The maximum Gasteiger partial charge on any atom is 0.272 e. The highest BCUT2D eigenvalue weighted by atomic mass is 19.3. The molecule has 0 radical (unpaired) electrons. The molecule has 0 bridgehead atoms. The fourth-order valence-electron chi connectivity index (χ4n) is 1.90. The molecule has 0 aromatic heterocycles. The third kappa shape index (κ3) is 4.43. The van der Waals surface area contributed by atoms with E-state index in [4.69, 9.17) is 10.5 Å². The second kappa shape index (κ2) is 6.13. The summed E-state index contributed by atoms with van der Waals surface area (Å²) in [6.45, 7) is 4.05. The molecule has 1 heterocycles. The molecule has 1 aliphatic heterocycles. The number of hydrogen-bond acceptors (Lipinski definition) is 3. The van der Waals surface area contributed by atoms with Crippen molar-refractivity contribution in [2.24, 2.45) is 22.6 Å². The van der Waals surface area contributed by atoms with E-state index in [-0.39, 0.29) is 6.04 Å². The largest absolute Gasteiger partial charge is 0.475 e. The van der Waals surface area contributed by atoms with Gasteiger partial charge in [0.1, 0.15) is 0 Å². The number of rotatable bonds is 3. The summed E-state index contributed by atoms with van der Waals surface area (Å²) in [6, 6.07) is 0.0839. The Bertz CT molecular complexity index is 244. The van der Waals surface area contributed by atoms with Crippen molar-refractivity contribution in [3.63, 3.8) is 0 Å². The van der Waals surface area contributed by atoms with Crippen LogP contribution in [0.3, 0.4) is 0 Å². The maximum absolute atomic E-state index is 12.0. The molecule has 3 nitrogen and oxygen atoms in total. The van der Waals surface area contributed by atoms with Gasteiger partial charge < -0.3 is 10.5 Å². The lowest BCUT2D eigenvalue weighted by molar-refractivity contribution is 0.0740. The highest BCUT2D eigenvalue weighted by Crippen LogP contribution is 2.22. The van der Waals surface area contributed by atoms with Crippen LogP contribution in [0.15, 0.2) is 4.99 Å². The Morgan fingerprint density at radius 2 is 2.25 bits per heavy atom. The average Bonchev–Trinajstić information content (AvgIpc) is 2.36. The number of ether oxygens (including phenoxy) is 1. The first-order valence-corrected chi connectivity index (χ1v) is 5.69. The fraction of sp³-hybridized carbons (Fsp3) is 0.909. The van der Waals surface area contributed by atoms with Gasteiger partial charge in [-0.1, -0.05) is 6.92 Å². The van der Waals surface area contributed by atoms with Crippen molar-refractivity contribution in [3.05, 3.63) is 0 Å². The van der Waals surface area contributed by atoms with E-state index in [0.717, 1.165) is 6.42 Å². The molecule has 3 atom stereocenters. The highest BCUT2D eigenvalue weighted by molar-refractivity contribution is 5.76. The minimum absolute atomic E-state index is 0.0839. The van der Waals surface area contributed by atoms with E-state index >= 15 is 0 Å². The molecule has 0 amide bonds. The Hall–Kier alpha value is -0.710. The van der Waals surface area contributed by atoms with Crippen molar-refractivity contribution >= 4 is 5.90 Å². The molecular formula is C11H20F2N2O. The third-order valence-corrected chi connectivity index (χ3v) is 2.85. The molecular weight excluding hydrogens is 214 g/mol. The van der Waals surface area contributed by atoms with Crippen LogP contribution in [-0.4, -0.2) is 31.5 Å². The van der Waals surface area contributed by atoms with E-state index in [0.29, 0.717) is 30.7 Å². The molecule has 0 aliphatic carbocycles. The second-order valence-electron chi connectivity index (χ2n) is 4.60. The van der Waals surface area contributed by atoms with E-state index in [1.165, 1.54) is 0 Å². The van der Waals surface area contributed by atoms with Gasteiger partial charge in [-0.25, -0.2) is 8.78 Å². The summed E-state index contributed by atoms with van der Waals surface area (Å²) >= 11 is 0. The predicted octanol–water partition coefficient (Wildman–Crippen LogP) is 2.06. The summed E-state index contributed by atoms with van der Waals surface area (Å²) in [4.78, 5) is 4.23. The molecule has 3 unspecified atom stereocenters. The lowest BCUT2D eigenvalue weighted by Gasteiger charge is -2.19. The van der Waals surface area contributed by atoms with E-state index in [1.807, 2.05) is 6.92 Å². The lowest BCUT2D eigenvalue weighted by atomic mass is 9.90. The summed E-state index contributed by atoms with van der Waals surface area (Å²) in [6.07, 6.45) is -0.830. The van der Waals surface area contributed by atoms with E-state index in [2.05, 4.69) is 11.9 Å². The van der Waals surface area contributed by atoms with Gasteiger partial charge in [0.25, 0.3) is 6.43 Å². The van der Waals surface area contributed by atoms with Gasteiger partial charge >= 0.3 is 0 Å². The lowest BCUT2D eigenvalue weighted by Crippen LogP contribution is -2.29. The molecule has 2 N–H and O–H groups in total. The predicted molar refractivity (Wildman–Crippen MR) is 59.8 cm³/mol. The molecule has 0 aromatic rings. The highest BCUT2D eigenvalue weighted by Gasteiger charge is 2.22. The molecule has 1 rings (SSSR count). The molecule has 0 saturated heterocycles. The molecule has 1 aliphatic rings. The average molecular weight is 234 g/mol. The smallest absolute Gasteiger partial charge is 0.272 e. The van der Waals surface area contributed by atoms with Crippen LogP contribution >= 0.6 is 0 Å². The summed E-state index contributed by atoms with van der Waals surface area (Å²) < 4.78 is 29.0. The van der Waals surface area contributed by atoms with Gasteiger partial charge in [-0.15, -0.1) is 0 Å². The standard InChI is InChI=1S/C11H20F2N2O/c1-7-3-9(8(2)14)5-15-11(4-7)16-6-10(12)13/h7-10H,3-6,14H2,1-2H3. The van der Waals surface area contributed by atoms with Crippen LogP contribution in [0, 0.1) is 11.8 Å². The Kier molecular flexibility index (Phi) is 5.12. The number of alkyl halides is 2. The van der Waals surface area contributed by atoms with Crippen LogP contribution in [0.25, 0.3) is 0 Å². The van der Waals surface area contributed by atoms with Crippen LogP contribution < -0.4 is 5.73 Å². The number of nitrogens with two attached hydrogens (primary N) is 1. The van der Waals surface area contributed by atoms with Crippen LogP contribution in [0.5, 0.6) is 0 Å². The zero-order valence-electron chi connectivity index (χ0n) is 9.83. The SMILES string of the molecule is CC1CC(OCC(F)F)=NCC(C(C)N)C1. The fourth-order valence-corrected chi connectivity index (χ4v) is 1.90. The van der Waals surface area contributed by atoms with Crippen LogP contribution in [0.1, 0.15) is 26.7 Å². The summed E-state index contributed by atoms with van der Waals surface area (Å²) in [5, 5.41) is 0. The van der Waals surface area contributed by atoms with Crippen molar-refractivity contribution in [2.75, 3.05) is 13.2 Å². The normalized spacial score (nSPS) is 28.5. The van der Waals surface area contributed by atoms with E-state index in [9.17, 15) is 8.78 Å². The number of nitrogens with zero attached hydrogens (tertiary/aromatic N) is 1. The Labute approximate surface area is 95.1 Å². The zero-order chi connectivity index (χ0) is 12.1. The Balaban J connectivity index is 2.52. The molecule has 0 spiro atoms. The Morgan fingerprint density at radius 1 is 1.56 bits per heavy atom. The summed E-state index contributed by atoms with van der Waals surface area (Å²) in [5.74, 6) is 1.16. The zero-order valence-corrected chi connectivity index (χ0v) is 9.83. The first-order valence-electron chi connectivity index (χ1n) is 5.69. The van der Waals surface area contributed by atoms with Gasteiger partial charge in [-0.3, -0.25) is 4.99 Å². The topological polar surface area (TPSA) is 47.6 Å². The summed E-state index contributed by atoms with van der Waals surface area (Å²) in [7, 11) is 0. The molecule has 0 aromatic carbocycles. The molecule has 5 heteroatoms. The minimum Gasteiger partial charge on any atom is -0.475 e. The quantitative estimate of drug-likeness (QED) is 0.812. The van der Waals surface area contributed by atoms with Crippen LogP contribution in [0.4, 0.5) is 8.78 Å². The van der Waals surface area contributed by atoms with Crippen molar-refractivity contribution in [2.45, 2.75) is 39.2 Å². The van der Waals surface area contributed by atoms with Crippen molar-refractivity contribution in [3.8, 4) is 0 Å². The van der Waals surface area contributed by atoms with Crippen LogP contribution in [-0.2, 0) is 4.74 Å². The molecule has 16 heavy (non-hydrogen) atoms. The van der Waals surface area contributed by atoms with Crippen LogP contribution in [0.2, 0.25) is 0 Å². The van der Waals surface area contributed by atoms with Gasteiger partial charge in [-0.2, -0.15) is 0 Å². The number of hydrogen-bond donors (Lipinski definition) is 1. The van der Waals surface area contributed by atoms with Gasteiger partial charge in [0, 0.05) is 19.0 Å². The second-order valence-corrected chi connectivity index (χ2v) is 4.60. The molecule has 94 valence electrons. The number of aliphatic imine (C=N–C) groups is 1. The van der Waals surface area contributed by atoms with Gasteiger partial charge in [0.2, 0.25) is 0 Å². The van der Waals surface area contributed by atoms with E-state index in [1.54, 1.807) is 0 Å². The maximum atomic E-state index is 12.0. The first-order chi connectivity index (χ1) is 7.49. The van der Waals surface area contributed by atoms with Gasteiger partial charge in [-0.05, 0) is 25.2 Å². The van der Waals surface area contributed by atoms with Crippen molar-refractivity contribution in [1.82, 2.24) is 0 Å². The minimum atomic E-state index is -2.44. The van der Waals surface area contributed by atoms with Gasteiger partial charge in [0.05, 0.1) is 0 Å². The third-order valence-electron chi connectivity index (χ3n) is 2.85. The molecule has 0 fully saturated rings. The Morgan fingerprint density at radius 3 is 2.81 bits per heavy atom. The number of halogens is 2. The van der Waals surface area contributed by atoms with E-state index < -0.39 is 13.0 Å². The monoisotopic (exact) mass is 234 g/mol. The van der Waals surface area contributed by atoms with Crippen molar-refractivity contribution in [1.29, 1.82) is 0 Å². The molecule has 0 saturated carbocycles. The van der Waals surface area contributed by atoms with Crippen molar-refractivity contribution < 1.29 is 13.5 Å². The summed E-state index contributed by atoms with van der Waals surface area (Å²) in [5.41, 5.74) is 5.84.